The zero-order valence-electron chi connectivity index (χ0n) is 14.6. The summed E-state index contributed by atoms with van der Waals surface area (Å²) in [7, 11) is 0. The van der Waals surface area contributed by atoms with E-state index in [4.69, 9.17) is 10.00 Å². The molecule has 26 heavy (non-hydrogen) atoms. The van der Waals surface area contributed by atoms with Gasteiger partial charge in [0, 0.05) is 12.2 Å². The van der Waals surface area contributed by atoms with E-state index in [1.165, 1.54) is 0 Å². The summed E-state index contributed by atoms with van der Waals surface area (Å²) in [5, 5.41) is 14.0. The number of nitriles is 1. The Morgan fingerprint density at radius 2 is 1.85 bits per heavy atom. The smallest absolute Gasteiger partial charge is 0.234 e. The van der Waals surface area contributed by atoms with Gasteiger partial charge in [-0.2, -0.15) is 5.26 Å². The summed E-state index contributed by atoms with van der Waals surface area (Å²) in [4.78, 5) is 23.5. The highest BCUT2D eigenvalue weighted by Gasteiger charge is 2.06. The number of hydrogen-bond acceptors (Lipinski definition) is 4. The highest BCUT2D eigenvalue weighted by atomic mass is 16.5. The van der Waals surface area contributed by atoms with Gasteiger partial charge in [0.2, 0.25) is 11.8 Å². The summed E-state index contributed by atoms with van der Waals surface area (Å²) in [5.74, 6) is 0.333. The minimum absolute atomic E-state index is 0.125. The molecule has 0 fully saturated rings. The van der Waals surface area contributed by atoms with E-state index in [0.29, 0.717) is 18.8 Å². The summed E-state index contributed by atoms with van der Waals surface area (Å²) in [6.07, 6.45) is 0.0913. The molecule has 0 heterocycles. The Morgan fingerprint density at radius 1 is 1.08 bits per heavy atom. The number of amides is 2. The zero-order chi connectivity index (χ0) is 18.8. The van der Waals surface area contributed by atoms with Crippen LogP contribution in [0.25, 0.3) is 0 Å². The molecule has 0 spiro atoms. The molecule has 0 aromatic heterocycles. The van der Waals surface area contributed by atoms with Gasteiger partial charge in [0.1, 0.15) is 12.2 Å². The second kappa shape index (κ2) is 9.84. The molecule has 0 aliphatic rings. The Morgan fingerprint density at radius 3 is 2.54 bits per heavy atom. The van der Waals surface area contributed by atoms with Crippen molar-refractivity contribution >= 4 is 17.5 Å². The lowest BCUT2D eigenvalue weighted by atomic mass is 10.1. The van der Waals surface area contributed by atoms with Gasteiger partial charge in [-0.3, -0.25) is 9.59 Å². The van der Waals surface area contributed by atoms with Gasteiger partial charge in [0.15, 0.2) is 0 Å². The number of benzene rings is 2. The maximum atomic E-state index is 12.2. The predicted octanol–water partition coefficient (Wildman–Crippen LogP) is 2.80. The molecule has 0 radical (unpaired) electrons. The Kier molecular flexibility index (Phi) is 7.19. The number of ether oxygens (including phenoxy) is 1. The van der Waals surface area contributed by atoms with Crippen LogP contribution in [0.5, 0.6) is 5.75 Å². The summed E-state index contributed by atoms with van der Waals surface area (Å²) < 4.78 is 5.38. The van der Waals surface area contributed by atoms with Gasteiger partial charge in [-0.05, 0) is 42.3 Å². The van der Waals surface area contributed by atoms with Crippen LogP contribution in [0.1, 0.15) is 24.5 Å². The molecule has 0 saturated carbocycles. The number of nitrogens with one attached hydrogen (secondary N) is 2. The lowest BCUT2D eigenvalue weighted by Crippen LogP contribution is -2.22. The molecule has 0 atom stereocenters. The highest BCUT2D eigenvalue weighted by Crippen LogP contribution is 2.14. The molecule has 0 aliphatic heterocycles. The molecule has 0 saturated heterocycles. The maximum absolute atomic E-state index is 12.2. The molecule has 6 heteroatoms. The molecule has 2 aromatic carbocycles. The normalized spacial score (nSPS) is 9.85. The molecule has 2 amide bonds. The van der Waals surface area contributed by atoms with E-state index < -0.39 is 0 Å². The Labute approximate surface area is 152 Å². The predicted molar refractivity (Wildman–Crippen MR) is 98.5 cm³/mol. The summed E-state index contributed by atoms with van der Waals surface area (Å²) in [5.41, 5.74) is 2.40. The van der Waals surface area contributed by atoms with E-state index >= 15 is 0 Å². The van der Waals surface area contributed by atoms with Gasteiger partial charge in [0.05, 0.1) is 19.1 Å². The third-order valence-corrected chi connectivity index (χ3v) is 3.54. The lowest BCUT2D eigenvalue weighted by Gasteiger charge is -2.09. The quantitative estimate of drug-likeness (QED) is 0.765. The number of anilines is 1. The topological polar surface area (TPSA) is 91.2 Å². The fourth-order valence-corrected chi connectivity index (χ4v) is 2.35. The minimum atomic E-state index is -0.322. The monoisotopic (exact) mass is 351 g/mol. The summed E-state index contributed by atoms with van der Waals surface area (Å²) in [6, 6.07) is 16.4. The molecule has 6 nitrogen and oxygen atoms in total. The standard InChI is InChI=1S/C20H21N3O3/c1-2-26-18-8-6-15(7-9-18)13-20(25)23-17-5-3-4-16(12-17)14-22-19(24)10-11-21/h3-9,12H,2,10,13-14H2,1H3,(H,22,24)(H,23,25). The molecular weight excluding hydrogens is 330 g/mol. The molecule has 2 rings (SSSR count). The average Bonchev–Trinajstić information content (AvgIpc) is 2.62. The van der Waals surface area contributed by atoms with Crippen molar-refractivity contribution in [2.24, 2.45) is 0 Å². The third-order valence-electron chi connectivity index (χ3n) is 3.54. The molecule has 2 N–H and O–H groups in total. The number of hydrogen-bond donors (Lipinski definition) is 2. The zero-order valence-corrected chi connectivity index (χ0v) is 14.6. The van der Waals surface area contributed by atoms with Crippen LogP contribution in [-0.4, -0.2) is 18.4 Å². The SMILES string of the molecule is CCOc1ccc(CC(=O)Nc2cccc(CNC(=O)CC#N)c2)cc1. The first-order chi connectivity index (χ1) is 12.6. The molecule has 134 valence electrons. The van der Waals surface area contributed by atoms with Crippen molar-refractivity contribution in [2.45, 2.75) is 26.3 Å². The van der Waals surface area contributed by atoms with E-state index in [0.717, 1.165) is 16.9 Å². The molecule has 2 aromatic rings. The number of rotatable bonds is 8. The van der Waals surface area contributed by atoms with E-state index in [1.54, 1.807) is 24.3 Å². The van der Waals surface area contributed by atoms with Crippen LogP contribution in [-0.2, 0) is 22.6 Å². The minimum Gasteiger partial charge on any atom is -0.494 e. The van der Waals surface area contributed by atoms with Crippen LogP contribution < -0.4 is 15.4 Å². The first-order valence-electron chi connectivity index (χ1n) is 8.35. The molecule has 0 unspecified atom stereocenters. The van der Waals surface area contributed by atoms with Crippen molar-refractivity contribution in [3.63, 3.8) is 0 Å². The van der Waals surface area contributed by atoms with E-state index in [9.17, 15) is 9.59 Å². The highest BCUT2D eigenvalue weighted by molar-refractivity contribution is 5.92. The number of nitrogens with zero attached hydrogens (tertiary/aromatic N) is 1. The van der Waals surface area contributed by atoms with E-state index in [1.807, 2.05) is 37.3 Å². The van der Waals surface area contributed by atoms with Crippen LogP contribution in [0.15, 0.2) is 48.5 Å². The van der Waals surface area contributed by atoms with Gasteiger partial charge in [-0.25, -0.2) is 0 Å². The van der Waals surface area contributed by atoms with Crippen molar-refractivity contribution in [3.05, 3.63) is 59.7 Å². The first-order valence-corrected chi connectivity index (χ1v) is 8.35. The van der Waals surface area contributed by atoms with Crippen LogP contribution in [0, 0.1) is 11.3 Å². The van der Waals surface area contributed by atoms with E-state index in [-0.39, 0.29) is 24.7 Å². The first kappa shape index (κ1) is 19.0. The van der Waals surface area contributed by atoms with Gasteiger partial charge >= 0.3 is 0 Å². The number of carbonyl (C=O) groups excluding carboxylic acids is 2. The third kappa shape index (κ3) is 6.29. The van der Waals surface area contributed by atoms with Gasteiger partial charge < -0.3 is 15.4 Å². The Hall–Kier alpha value is -3.33. The Bertz CT molecular complexity index is 795. The van der Waals surface area contributed by atoms with Crippen molar-refractivity contribution in [2.75, 3.05) is 11.9 Å². The van der Waals surface area contributed by atoms with Crippen molar-refractivity contribution in [1.82, 2.24) is 5.32 Å². The fraction of sp³-hybridized carbons (Fsp3) is 0.250. The molecular formula is C20H21N3O3. The van der Waals surface area contributed by atoms with E-state index in [2.05, 4.69) is 10.6 Å². The second-order valence-electron chi connectivity index (χ2n) is 5.61. The van der Waals surface area contributed by atoms with Crippen molar-refractivity contribution in [1.29, 1.82) is 5.26 Å². The molecule has 0 bridgehead atoms. The van der Waals surface area contributed by atoms with Gasteiger partial charge in [0.25, 0.3) is 0 Å². The van der Waals surface area contributed by atoms with Crippen LogP contribution in [0.4, 0.5) is 5.69 Å². The lowest BCUT2D eigenvalue weighted by molar-refractivity contribution is -0.120. The van der Waals surface area contributed by atoms with Gasteiger partial charge in [-0.1, -0.05) is 24.3 Å². The van der Waals surface area contributed by atoms with Crippen LogP contribution >= 0.6 is 0 Å². The largest absolute Gasteiger partial charge is 0.494 e. The van der Waals surface area contributed by atoms with Crippen molar-refractivity contribution < 1.29 is 14.3 Å². The Balaban J connectivity index is 1.89. The fourth-order valence-electron chi connectivity index (χ4n) is 2.35. The van der Waals surface area contributed by atoms with Crippen LogP contribution in [0.3, 0.4) is 0 Å². The number of carbonyl (C=O) groups is 2. The van der Waals surface area contributed by atoms with Crippen LogP contribution in [0.2, 0.25) is 0 Å². The molecule has 0 aliphatic carbocycles. The maximum Gasteiger partial charge on any atom is 0.234 e. The second-order valence-corrected chi connectivity index (χ2v) is 5.61. The summed E-state index contributed by atoms with van der Waals surface area (Å²) >= 11 is 0. The average molecular weight is 351 g/mol. The summed E-state index contributed by atoms with van der Waals surface area (Å²) in [6.45, 7) is 2.83. The van der Waals surface area contributed by atoms with Gasteiger partial charge in [-0.15, -0.1) is 0 Å². The van der Waals surface area contributed by atoms with Crippen molar-refractivity contribution in [3.8, 4) is 11.8 Å².